The highest BCUT2D eigenvalue weighted by Crippen LogP contribution is 2.44. The molecule has 0 spiro atoms. The summed E-state index contributed by atoms with van der Waals surface area (Å²) in [6, 6.07) is 18.2. The maximum absolute atomic E-state index is 14.0. The summed E-state index contributed by atoms with van der Waals surface area (Å²) in [4.78, 5) is 17.4. The first-order valence-corrected chi connectivity index (χ1v) is 13.2. The van der Waals surface area contributed by atoms with Crippen molar-refractivity contribution in [2.24, 2.45) is 0 Å². The molecule has 1 atom stereocenters. The van der Waals surface area contributed by atoms with Gasteiger partial charge in [-0.1, -0.05) is 37.3 Å². The number of urea groups is 1. The molecule has 0 saturated carbocycles. The summed E-state index contributed by atoms with van der Waals surface area (Å²) in [5.41, 5.74) is 6.53. The van der Waals surface area contributed by atoms with Gasteiger partial charge in [0.1, 0.15) is 10.8 Å². The summed E-state index contributed by atoms with van der Waals surface area (Å²) in [5, 5.41) is 4.42. The van der Waals surface area contributed by atoms with Crippen molar-refractivity contribution < 1.29 is 9.18 Å². The Morgan fingerprint density at radius 1 is 1.03 bits per heavy atom. The Labute approximate surface area is 209 Å². The molecule has 0 unspecified atom stereocenters. The van der Waals surface area contributed by atoms with E-state index in [2.05, 4.69) is 29.1 Å². The summed E-state index contributed by atoms with van der Waals surface area (Å²) < 4.78 is 16.1. The van der Waals surface area contributed by atoms with Gasteiger partial charge in [-0.3, -0.25) is 0 Å². The average molecular weight is 486 g/mol. The Kier molecular flexibility index (Phi) is 5.69. The molecule has 2 aromatic carbocycles. The first-order chi connectivity index (χ1) is 17.1. The zero-order valence-electron chi connectivity index (χ0n) is 19.8. The van der Waals surface area contributed by atoms with Crippen LogP contribution in [0.1, 0.15) is 58.6 Å². The van der Waals surface area contributed by atoms with Crippen LogP contribution in [-0.4, -0.2) is 15.5 Å². The molecule has 35 heavy (non-hydrogen) atoms. The lowest BCUT2D eigenvalue weighted by Gasteiger charge is -2.31. The highest BCUT2D eigenvalue weighted by atomic mass is 32.1. The zero-order valence-corrected chi connectivity index (χ0v) is 20.6. The SMILES string of the molecule is CCc1ccccc1NC(=O)N1Cc2c(sc3c2CCCC3)-n2cccc2[C@H]1c1ccc(F)cc1. The van der Waals surface area contributed by atoms with Crippen LogP contribution in [-0.2, 0) is 25.8 Å². The van der Waals surface area contributed by atoms with Crippen LogP contribution in [0.4, 0.5) is 14.9 Å². The highest BCUT2D eigenvalue weighted by molar-refractivity contribution is 7.15. The van der Waals surface area contributed by atoms with Gasteiger partial charge >= 0.3 is 6.03 Å². The Morgan fingerprint density at radius 3 is 2.66 bits per heavy atom. The van der Waals surface area contributed by atoms with Crippen LogP contribution in [0.15, 0.2) is 66.9 Å². The molecule has 2 aromatic heterocycles. The maximum Gasteiger partial charge on any atom is 0.322 e. The fourth-order valence-electron chi connectivity index (χ4n) is 5.52. The van der Waals surface area contributed by atoms with Crippen LogP contribution in [0.5, 0.6) is 0 Å². The normalized spacial score (nSPS) is 16.7. The van der Waals surface area contributed by atoms with Gasteiger partial charge in [-0.25, -0.2) is 9.18 Å². The second kappa shape index (κ2) is 9.00. The Hall–Kier alpha value is -3.38. The summed E-state index contributed by atoms with van der Waals surface area (Å²) >= 11 is 1.87. The van der Waals surface area contributed by atoms with Crippen LogP contribution in [0.3, 0.4) is 0 Å². The van der Waals surface area contributed by atoms with Crippen molar-refractivity contribution in [3.8, 4) is 5.00 Å². The molecule has 3 heterocycles. The molecule has 2 aliphatic rings. The van der Waals surface area contributed by atoms with Crippen molar-refractivity contribution in [2.45, 2.75) is 51.6 Å². The lowest BCUT2D eigenvalue weighted by Crippen LogP contribution is -2.38. The molecule has 6 heteroatoms. The van der Waals surface area contributed by atoms with E-state index in [0.717, 1.165) is 41.8 Å². The number of hydrogen-bond donors (Lipinski definition) is 1. The van der Waals surface area contributed by atoms with Gasteiger partial charge in [-0.15, -0.1) is 11.3 Å². The number of hydrogen-bond acceptors (Lipinski definition) is 2. The number of nitrogens with zero attached hydrogens (tertiary/aromatic N) is 2. The number of halogens is 1. The van der Waals surface area contributed by atoms with Crippen molar-refractivity contribution in [1.82, 2.24) is 9.47 Å². The van der Waals surface area contributed by atoms with Crippen molar-refractivity contribution in [3.05, 3.63) is 106 Å². The van der Waals surface area contributed by atoms with E-state index >= 15 is 0 Å². The number of aromatic nitrogens is 1. The molecule has 4 nitrogen and oxygen atoms in total. The lowest BCUT2D eigenvalue weighted by molar-refractivity contribution is 0.194. The van der Waals surface area contributed by atoms with E-state index < -0.39 is 0 Å². The van der Waals surface area contributed by atoms with Gasteiger partial charge < -0.3 is 14.8 Å². The number of carbonyl (C=O) groups is 1. The molecular formula is C29H28FN3OS. The third-order valence-corrected chi connectivity index (χ3v) is 8.60. The van der Waals surface area contributed by atoms with Gasteiger partial charge in [0.05, 0.1) is 18.3 Å². The minimum absolute atomic E-state index is 0.142. The largest absolute Gasteiger partial charge is 0.322 e. The number of thiophene rings is 1. The van der Waals surface area contributed by atoms with Gasteiger partial charge in [0.2, 0.25) is 0 Å². The first-order valence-electron chi connectivity index (χ1n) is 12.4. The van der Waals surface area contributed by atoms with Crippen LogP contribution in [0, 0.1) is 5.82 Å². The number of anilines is 1. The molecular weight excluding hydrogens is 457 g/mol. The Morgan fingerprint density at radius 2 is 1.83 bits per heavy atom. The van der Waals surface area contributed by atoms with E-state index in [1.54, 1.807) is 12.1 Å². The first kappa shape index (κ1) is 22.1. The predicted octanol–water partition coefficient (Wildman–Crippen LogP) is 7.26. The van der Waals surface area contributed by atoms with E-state index in [0.29, 0.717) is 6.54 Å². The van der Waals surface area contributed by atoms with Gasteiger partial charge in [-0.05, 0) is 79.1 Å². The summed E-state index contributed by atoms with van der Waals surface area (Å²) in [6.45, 7) is 2.61. The number of fused-ring (bicyclic) bond motifs is 5. The number of carbonyl (C=O) groups excluding carboxylic acids is 1. The number of aryl methyl sites for hydroxylation is 2. The average Bonchev–Trinajstić information content (AvgIpc) is 3.47. The molecule has 0 fully saturated rings. The quantitative estimate of drug-likeness (QED) is 0.326. The topological polar surface area (TPSA) is 37.3 Å². The van der Waals surface area contributed by atoms with Crippen molar-refractivity contribution in [1.29, 1.82) is 0 Å². The third-order valence-electron chi connectivity index (χ3n) is 7.27. The Balaban J connectivity index is 1.50. The third kappa shape index (κ3) is 3.86. The highest BCUT2D eigenvalue weighted by Gasteiger charge is 2.36. The molecule has 178 valence electrons. The van der Waals surface area contributed by atoms with E-state index in [1.165, 1.54) is 46.0 Å². The molecule has 0 radical (unpaired) electrons. The Bertz CT molecular complexity index is 1390. The number of amides is 2. The van der Waals surface area contributed by atoms with Crippen LogP contribution < -0.4 is 5.32 Å². The molecule has 0 bridgehead atoms. The summed E-state index contributed by atoms with van der Waals surface area (Å²) in [7, 11) is 0. The fourth-order valence-corrected chi connectivity index (χ4v) is 6.92. The van der Waals surface area contributed by atoms with Gasteiger partial charge in [0.25, 0.3) is 0 Å². The summed E-state index contributed by atoms with van der Waals surface area (Å²) in [6.07, 6.45) is 7.52. The number of para-hydroxylation sites is 1. The van der Waals surface area contributed by atoms with E-state index in [-0.39, 0.29) is 17.9 Å². The predicted molar refractivity (Wildman–Crippen MR) is 139 cm³/mol. The van der Waals surface area contributed by atoms with Crippen molar-refractivity contribution in [2.75, 3.05) is 5.32 Å². The fraction of sp³-hybridized carbons (Fsp3) is 0.276. The second-order valence-electron chi connectivity index (χ2n) is 9.32. The molecule has 0 saturated heterocycles. The van der Waals surface area contributed by atoms with Gasteiger partial charge in [0, 0.05) is 22.3 Å². The number of benzene rings is 2. The monoisotopic (exact) mass is 485 g/mol. The van der Waals surface area contributed by atoms with Crippen molar-refractivity contribution in [3.63, 3.8) is 0 Å². The minimum atomic E-state index is -0.335. The van der Waals surface area contributed by atoms with Crippen LogP contribution >= 0.6 is 11.3 Å². The maximum atomic E-state index is 14.0. The molecule has 2 amide bonds. The van der Waals surface area contributed by atoms with E-state index in [1.807, 2.05) is 46.6 Å². The molecule has 6 rings (SSSR count). The molecule has 4 aromatic rings. The van der Waals surface area contributed by atoms with Crippen LogP contribution in [0.25, 0.3) is 5.00 Å². The number of rotatable bonds is 3. The van der Waals surface area contributed by atoms with Crippen molar-refractivity contribution >= 4 is 23.1 Å². The molecule has 1 aliphatic carbocycles. The van der Waals surface area contributed by atoms with E-state index in [9.17, 15) is 9.18 Å². The lowest BCUT2D eigenvalue weighted by atomic mass is 9.95. The standard InChI is InChI=1S/C29H28FN3OS/c1-2-19-8-3-5-10-24(19)31-29(34)33-18-23-22-9-4-6-12-26(22)35-28(23)32-17-7-11-25(32)27(33)20-13-15-21(30)16-14-20/h3,5,7-8,10-11,13-17,27H,2,4,6,9,12,18H2,1H3,(H,31,34)/t27-/m1/s1. The van der Waals surface area contributed by atoms with Gasteiger partial charge in [-0.2, -0.15) is 0 Å². The van der Waals surface area contributed by atoms with Crippen LogP contribution in [0.2, 0.25) is 0 Å². The molecule has 1 N–H and O–H groups in total. The smallest absolute Gasteiger partial charge is 0.310 e. The second-order valence-corrected chi connectivity index (χ2v) is 10.4. The minimum Gasteiger partial charge on any atom is -0.310 e. The summed E-state index contributed by atoms with van der Waals surface area (Å²) in [5.74, 6) is -0.279. The number of nitrogens with one attached hydrogen (secondary N) is 1. The van der Waals surface area contributed by atoms with Gasteiger partial charge in [0.15, 0.2) is 0 Å². The van der Waals surface area contributed by atoms with E-state index in [4.69, 9.17) is 0 Å². The molecule has 1 aliphatic heterocycles. The zero-order chi connectivity index (χ0) is 23.9.